The van der Waals surface area contributed by atoms with Gasteiger partial charge >= 0.3 is 0 Å². The van der Waals surface area contributed by atoms with Gasteiger partial charge in [-0.3, -0.25) is 4.79 Å². The average Bonchev–Trinajstić information content (AvgIpc) is 2.29. The van der Waals surface area contributed by atoms with E-state index in [1.807, 2.05) is 11.9 Å². The molecule has 5 heteroatoms. The van der Waals surface area contributed by atoms with Crippen molar-refractivity contribution in [1.82, 2.24) is 10.2 Å². The number of hydrogen-bond acceptors (Lipinski definition) is 3. The molecule has 0 aromatic heterocycles. The molecular formula is C11H23ClN2O2. The zero-order chi connectivity index (χ0) is 11.1. The van der Waals surface area contributed by atoms with Crippen LogP contribution in [-0.4, -0.2) is 50.7 Å². The van der Waals surface area contributed by atoms with Crippen LogP contribution in [0.25, 0.3) is 0 Å². The second-order valence-electron chi connectivity index (χ2n) is 4.05. The van der Waals surface area contributed by atoms with Gasteiger partial charge in [0, 0.05) is 26.6 Å². The van der Waals surface area contributed by atoms with E-state index < -0.39 is 0 Å². The van der Waals surface area contributed by atoms with Crippen molar-refractivity contribution >= 4 is 18.3 Å². The molecule has 0 saturated carbocycles. The lowest BCUT2D eigenvalue weighted by atomic mass is 10.1. The van der Waals surface area contributed by atoms with E-state index in [4.69, 9.17) is 4.74 Å². The Morgan fingerprint density at radius 3 is 2.94 bits per heavy atom. The van der Waals surface area contributed by atoms with Gasteiger partial charge < -0.3 is 15.0 Å². The molecule has 1 atom stereocenters. The quantitative estimate of drug-likeness (QED) is 0.742. The highest BCUT2D eigenvalue weighted by Crippen LogP contribution is 2.13. The lowest BCUT2D eigenvalue weighted by molar-refractivity contribution is -0.134. The summed E-state index contributed by atoms with van der Waals surface area (Å²) >= 11 is 0. The maximum absolute atomic E-state index is 11.8. The van der Waals surface area contributed by atoms with E-state index in [9.17, 15) is 4.79 Å². The van der Waals surface area contributed by atoms with Crippen molar-refractivity contribution in [2.75, 3.05) is 33.8 Å². The van der Waals surface area contributed by atoms with Crippen LogP contribution in [0.5, 0.6) is 0 Å². The Bertz CT molecular complexity index is 202. The summed E-state index contributed by atoms with van der Waals surface area (Å²) in [5, 5.41) is 3.05. The second kappa shape index (κ2) is 8.79. The summed E-state index contributed by atoms with van der Waals surface area (Å²) in [6.07, 6.45) is 3.96. The number of nitrogens with zero attached hydrogens (tertiary/aromatic N) is 1. The predicted octanol–water partition coefficient (Wildman–Crippen LogP) is 1.05. The van der Waals surface area contributed by atoms with Crippen LogP contribution < -0.4 is 5.32 Å². The number of halogens is 1. The van der Waals surface area contributed by atoms with Gasteiger partial charge in [0.05, 0.1) is 6.10 Å². The Morgan fingerprint density at radius 1 is 1.56 bits per heavy atom. The van der Waals surface area contributed by atoms with Crippen LogP contribution in [0, 0.1) is 0 Å². The van der Waals surface area contributed by atoms with Crippen LogP contribution in [0.2, 0.25) is 0 Å². The number of nitrogens with one attached hydrogen (secondary N) is 1. The molecule has 1 saturated heterocycles. The molecule has 0 bridgehead atoms. The molecule has 1 heterocycles. The number of amides is 1. The van der Waals surface area contributed by atoms with Gasteiger partial charge in [-0.05, 0) is 32.9 Å². The fourth-order valence-electron chi connectivity index (χ4n) is 1.93. The largest absolute Gasteiger partial charge is 0.380 e. The number of carbonyl (C=O) groups is 1. The molecule has 1 rings (SSSR count). The molecule has 0 aromatic carbocycles. The first kappa shape index (κ1) is 15.7. The van der Waals surface area contributed by atoms with Crippen LogP contribution >= 0.6 is 12.4 Å². The SMILES string of the molecule is CNCCCC(=O)N1CCCC(OC)C1.Cl. The van der Waals surface area contributed by atoms with Crippen LogP contribution in [0.3, 0.4) is 0 Å². The van der Waals surface area contributed by atoms with E-state index in [1.54, 1.807) is 7.11 Å². The number of ether oxygens (including phenoxy) is 1. The van der Waals surface area contributed by atoms with Gasteiger partial charge in [-0.25, -0.2) is 0 Å². The maximum Gasteiger partial charge on any atom is 0.222 e. The summed E-state index contributed by atoms with van der Waals surface area (Å²) in [7, 11) is 3.63. The van der Waals surface area contributed by atoms with Crippen LogP contribution in [0.4, 0.5) is 0 Å². The van der Waals surface area contributed by atoms with Gasteiger partial charge in [0.1, 0.15) is 0 Å². The van der Waals surface area contributed by atoms with E-state index in [2.05, 4.69) is 5.32 Å². The van der Waals surface area contributed by atoms with Crippen molar-refractivity contribution in [3.8, 4) is 0 Å². The number of methoxy groups -OCH3 is 1. The molecule has 1 N–H and O–H groups in total. The van der Waals surface area contributed by atoms with Crippen LogP contribution in [0.1, 0.15) is 25.7 Å². The molecule has 96 valence electrons. The minimum atomic E-state index is 0. The fraction of sp³-hybridized carbons (Fsp3) is 0.909. The standard InChI is InChI=1S/C11H22N2O2.ClH/c1-12-7-3-6-11(14)13-8-4-5-10(9-13)15-2;/h10,12H,3-9H2,1-2H3;1H. The van der Waals surface area contributed by atoms with Gasteiger partial charge in [-0.2, -0.15) is 0 Å². The first-order chi connectivity index (χ1) is 7.27. The first-order valence-electron chi connectivity index (χ1n) is 5.73. The van der Waals surface area contributed by atoms with Crippen molar-refractivity contribution in [3.63, 3.8) is 0 Å². The Hall–Kier alpha value is -0.320. The van der Waals surface area contributed by atoms with E-state index in [1.165, 1.54) is 0 Å². The highest BCUT2D eigenvalue weighted by atomic mass is 35.5. The van der Waals surface area contributed by atoms with Crippen LogP contribution in [-0.2, 0) is 9.53 Å². The Balaban J connectivity index is 0.00000225. The van der Waals surface area contributed by atoms with E-state index >= 15 is 0 Å². The molecule has 0 radical (unpaired) electrons. The summed E-state index contributed by atoms with van der Waals surface area (Å²) in [5.41, 5.74) is 0. The summed E-state index contributed by atoms with van der Waals surface area (Å²) < 4.78 is 5.29. The normalized spacial score (nSPS) is 20.4. The van der Waals surface area contributed by atoms with Gasteiger partial charge in [-0.15, -0.1) is 12.4 Å². The topological polar surface area (TPSA) is 41.6 Å². The van der Waals surface area contributed by atoms with E-state index in [0.717, 1.165) is 38.9 Å². The van der Waals surface area contributed by atoms with Crippen molar-refractivity contribution in [3.05, 3.63) is 0 Å². The minimum Gasteiger partial charge on any atom is -0.380 e. The molecule has 1 fully saturated rings. The highest BCUT2D eigenvalue weighted by Gasteiger charge is 2.22. The van der Waals surface area contributed by atoms with Crippen LogP contribution in [0.15, 0.2) is 0 Å². The van der Waals surface area contributed by atoms with Crippen molar-refractivity contribution < 1.29 is 9.53 Å². The summed E-state index contributed by atoms with van der Waals surface area (Å²) in [6, 6.07) is 0. The van der Waals surface area contributed by atoms with Gasteiger partial charge in [0.25, 0.3) is 0 Å². The molecule has 1 amide bonds. The number of rotatable bonds is 5. The van der Waals surface area contributed by atoms with E-state index in [-0.39, 0.29) is 24.4 Å². The molecule has 0 aliphatic carbocycles. The Kier molecular flexibility index (Phi) is 8.61. The smallest absolute Gasteiger partial charge is 0.222 e. The Morgan fingerprint density at radius 2 is 2.31 bits per heavy atom. The molecule has 0 aromatic rings. The van der Waals surface area contributed by atoms with Gasteiger partial charge in [0.2, 0.25) is 5.91 Å². The van der Waals surface area contributed by atoms with Crippen molar-refractivity contribution in [2.24, 2.45) is 0 Å². The zero-order valence-corrected chi connectivity index (χ0v) is 11.0. The number of carbonyl (C=O) groups excluding carboxylic acids is 1. The first-order valence-corrected chi connectivity index (χ1v) is 5.73. The minimum absolute atomic E-state index is 0. The van der Waals surface area contributed by atoms with Crippen molar-refractivity contribution in [2.45, 2.75) is 31.8 Å². The molecular weight excluding hydrogens is 228 g/mol. The molecule has 0 spiro atoms. The number of likely N-dealkylation sites (tertiary alicyclic amines) is 1. The van der Waals surface area contributed by atoms with Gasteiger partial charge in [-0.1, -0.05) is 0 Å². The second-order valence-corrected chi connectivity index (χ2v) is 4.05. The third-order valence-electron chi connectivity index (χ3n) is 2.88. The lowest BCUT2D eigenvalue weighted by Crippen LogP contribution is -2.42. The monoisotopic (exact) mass is 250 g/mol. The van der Waals surface area contributed by atoms with Crippen molar-refractivity contribution in [1.29, 1.82) is 0 Å². The summed E-state index contributed by atoms with van der Waals surface area (Å²) in [5.74, 6) is 0.270. The number of hydrogen-bond donors (Lipinski definition) is 1. The molecule has 1 unspecified atom stereocenters. The zero-order valence-electron chi connectivity index (χ0n) is 10.2. The fourth-order valence-corrected chi connectivity index (χ4v) is 1.93. The highest BCUT2D eigenvalue weighted by molar-refractivity contribution is 5.85. The Labute approximate surface area is 104 Å². The molecule has 1 aliphatic heterocycles. The molecule has 16 heavy (non-hydrogen) atoms. The maximum atomic E-state index is 11.8. The molecule has 1 aliphatic rings. The average molecular weight is 251 g/mol. The summed E-state index contributed by atoms with van der Waals surface area (Å²) in [4.78, 5) is 13.7. The molecule has 4 nitrogen and oxygen atoms in total. The third-order valence-corrected chi connectivity index (χ3v) is 2.88. The summed E-state index contributed by atoms with van der Waals surface area (Å²) in [6.45, 7) is 2.58. The van der Waals surface area contributed by atoms with Gasteiger partial charge in [0.15, 0.2) is 0 Å². The van der Waals surface area contributed by atoms with E-state index in [0.29, 0.717) is 6.42 Å². The number of piperidine rings is 1. The lowest BCUT2D eigenvalue weighted by Gasteiger charge is -2.32. The third kappa shape index (κ3) is 5.14. The predicted molar refractivity (Wildman–Crippen MR) is 67.0 cm³/mol.